The highest BCUT2D eigenvalue weighted by atomic mass is 32.1. The zero-order valence-corrected chi connectivity index (χ0v) is 15.1. The van der Waals surface area contributed by atoms with E-state index in [1.165, 1.54) is 0 Å². The molecular formula is C20H20N2O3S. The van der Waals surface area contributed by atoms with Crippen molar-refractivity contribution in [2.45, 2.75) is 24.8 Å². The molecule has 1 saturated carbocycles. The molecule has 0 atom stereocenters. The maximum absolute atomic E-state index is 13.3. The van der Waals surface area contributed by atoms with E-state index in [9.17, 15) is 9.90 Å². The van der Waals surface area contributed by atoms with Crippen LogP contribution in [0.25, 0.3) is 10.6 Å². The van der Waals surface area contributed by atoms with Crippen molar-refractivity contribution in [1.82, 2.24) is 10.1 Å². The van der Waals surface area contributed by atoms with Gasteiger partial charge in [0.1, 0.15) is 0 Å². The Kier molecular flexibility index (Phi) is 4.61. The molecule has 1 aliphatic carbocycles. The van der Waals surface area contributed by atoms with E-state index < -0.39 is 5.41 Å². The number of amides is 1. The molecule has 26 heavy (non-hydrogen) atoms. The lowest BCUT2D eigenvalue weighted by molar-refractivity contribution is -0.135. The van der Waals surface area contributed by atoms with Crippen molar-refractivity contribution in [1.29, 1.82) is 0 Å². The van der Waals surface area contributed by atoms with Crippen LogP contribution >= 0.6 is 11.3 Å². The number of nitrogens with zero attached hydrogens (tertiary/aromatic N) is 2. The minimum absolute atomic E-state index is 0.0152. The quantitative estimate of drug-likeness (QED) is 0.694. The van der Waals surface area contributed by atoms with E-state index in [4.69, 9.17) is 4.52 Å². The first-order valence-corrected chi connectivity index (χ1v) is 9.56. The molecule has 1 aromatic carbocycles. The molecule has 134 valence electrons. The zero-order chi connectivity index (χ0) is 18.0. The van der Waals surface area contributed by atoms with Crippen molar-refractivity contribution in [3.63, 3.8) is 0 Å². The number of rotatable bonds is 7. The molecule has 0 saturated heterocycles. The summed E-state index contributed by atoms with van der Waals surface area (Å²) in [5, 5.41) is 15.6. The minimum Gasteiger partial charge on any atom is -0.395 e. The van der Waals surface area contributed by atoms with E-state index in [1.807, 2.05) is 53.9 Å². The number of aliphatic hydroxyl groups is 1. The zero-order valence-electron chi connectivity index (χ0n) is 14.3. The fraction of sp³-hybridized carbons (Fsp3) is 0.300. The second-order valence-electron chi connectivity index (χ2n) is 6.57. The fourth-order valence-electron chi connectivity index (χ4n) is 3.22. The number of aliphatic hydroxyl groups excluding tert-OH is 1. The largest absolute Gasteiger partial charge is 0.395 e. The molecule has 0 radical (unpaired) electrons. The van der Waals surface area contributed by atoms with Gasteiger partial charge in [-0.25, -0.2) is 0 Å². The van der Waals surface area contributed by atoms with Crippen LogP contribution in [0.4, 0.5) is 0 Å². The molecule has 6 heteroatoms. The Morgan fingerprint density at radius 3 is 2.69 bits per heavy atom. The second-order valence-corrected chi connectivity index (χ2v) is 7.52. The van der Waals surface area contributed by atoms with Crippen LogP contribution in [-0.4, -0.2) is 34.2 Å². The fourth-order valence-corrected chi connectivity index (χ4v) is 3.89. The number of thiophene rings is 1. The third-order valence-corrected chi connectivity index (χ3v) is 5.68. The Morgan fingerprint density at radius 1 is 1.23 bits per heavy atom. The summed E-state index contributed by atoms with van der Waals surface area (Å²) in [5.41, 5.74) is 1.13. The van der Waals surface area contributed by atoms with Crippen molar-refractivity contribution in [3.8, 4) is 10.6 Å². The average molecular weight is 368 g/mol. The van der Waals surface area contributed by atoms with Crippen molar-refractivity contribution < 1.29 is 14.4 Å². The first-order chi connectivity index (χ1) is 12.7. The molecule has 2 heterocycles. The van der Waals surface area contributed by atoms with Crippen LogP contribution in [0, 0.1) is 0 Å². The van der Waals surface area contributed by atoms with Crippen LogP contribution < -0.4 is 0 Å². The summed E-state index contributed by atoms with van der Waals surface area (Å²) in [4.78, 5) is 16.0. The lowest BCUT2D eigenvalue weighted by Crippen LogP contribution is -2.40. The summed E-state index contributed by atoms with van der Waals surface area (Å²) >= 11 is 1.58. The van der Waals surface area contributed by atoms with Gasteiger partial charge in [-0.2, -0.15) is 0 Å². The van der Waals surface area contributed by atoms with Gasteiger partial charge >= 0.3 is 0 Å². The monoisotopic (exact) mass is 368 g/mol. The predicted molar refractivity (Wildman–Crippen MR) is 99.7 cm³/mol. The molecule has 0 aliphatic heterocycles. The Morgan fingerprint density at radius 2 is 2.04 bits per heavy atom. The summed E-state index contributed by atoms with van der Waals surface area (Å²) in [6.07, 6.45) is 1.53. The van der Waals surface area contributed by atoms with Crippen molar-refractivity contribution in [3.05, 3.63) is 65.2 Å². The summed E-state index contributed by atoms with van der Waals surface area (Å²) in [6, 6.07) is 15.7. The molecule has 1 aliphatic rings. The van der Waals surface area contributed by atoms with E-state index in [-0.39, 0.29) is 12.5 Å². The lowest BCUT2D eigenvalue weighted by Gasteiger charge is -2.26. The molecule has 1 N–H and O–H groups in total. The molecule has 5 nitrogen and oxygen atoms in total. The Bertz CT molecular complexity index is 870. The predicted octanol–water partition coefficient (Wildman–Crippen LogP) is 3.46. The summed E-state index contributed by atoms with van der Waals surface area (Å²) in [5.74, 6) is 0.715. The summed E-state index contributed by atoms with van der Waals surface area (Å²) in [6.45, 7) is 0.733. The Labute approximate surface area is 155 Å². The third kappa shape index (κ3) is 3.18. The highest BCUT2D eigenvalue weighted by Crippen LogP contribution is 2.50. The van der Waals surface area contributed by atoms with Crippen LogP contribution in [0.5, 0.6) is 0 Å². The van der Waals surface area contributed by atoms with Gasteiger partial charge in [-0.15, -0.1) is 11.3 Å². The van der Waals surface area contributed by atoms with E-state index in [2.05, 4.69) is 5.16 Å². The molecule has 0 unspecified atom stereocenters. The van der Waals surface area contributed by atoms with Crippen LogP contribution in [0.15, 0.2) is 58.4 Å². The molecule has 0 bridgehead atoms. The molecule has 1 amide bonds. The van der Waals surface area contributed by atoms with Crippen molar-refractivity contribution in [2.24, 2.45) is 0 Å². The van der Waals surface area contributed by atoms with Gasteiger partial charge in [0, 0.05) is 19.2 Å². The number of hydrogen-bond acceptors (Lipinski definition) is 5. The smallest absolute Gasteiger partial charge is 0.235 e. The van der Waals surface area contributed by atoms with Crippen molar-refractivity contribution in [2.75, 3.05) is 13.2 Å². The van der Waals surface area contributed by atoms with E-state index in [0.29, 0.717) is 24.5 Å². The van der Waals surface area contributed by atoms with Crippen LogP contribution in [0.2, 0.25) is 0 Å². The lowest BCUT2D eigenvalue weighted by atomic mass is 9.99. The summed E-state index contributed by atoms with van der Waals surface area (Å²) in [7, 11) is 0. The molecule has 1 fully saturated rings. The highest BCUT2D eigenvalue weighted by Gasteiger charge is 2.55. The molecule has 3 aromatic rings. The van der Waals surface area contributed by atoms with Gasteiger partial charge in [0.05, 0.1) is 22.6 Å². The molecular weight excluding hydrogens is 348 g/mol. The van der Waals surface area contributed by atoms with Crippen LogP contribution in [-0.2, 0) is 16.8 Å². The number of benzene rings is 1. The number of aromatic nitrogens is 1. The number of carbonyl (C=O) groups excluding carboxylic acids is 1. The standard InChI is InChI=1S/C20H20N2O3S/c23-11-10-22(14-15-5-2-1-3-6-15)19(24)20(8-9-20)18-13-16(25-21-18)17-7-4-12-26-17/h1-7,12-13,23H,8-11,14H2. The average Bonchev–Trinajstić information content (AvgIpc) is 3.09. The highest BCUT2D eigenvalue weighted by molar-refractivity contribution is 7.13. The first-order valence-electron chi connectivity index (χ1n) is 8.68. The van der Waals surface area contributed by atoms with Crippen LogP contribution in [0.3, 0.4) is 0 Å². The van der Waals surface area contributed by atoms with E-state index in [0.717, 1.165) is 23.3 Å². The normalized spacial score (nSPS) is 15.0. The first kappa shape index (κ1) is 17.0. The minimum atomic E-state index is -0.608. The Balaban J connectivity index is 1.57. The van der Waals surface area contributed by atoms with Gasteiger partial charge in [0.25, 0.3) is 0 Å². The van der Waals surface area contributed by atoms with Gasteiger partial charge in [-0.05, 0) is 29.9 Å². The number of carbonyl (C=O) groups is 1. The summed E-state index contributed by atoms with van der Waals surface area (Å²) < 4.78 is 5.48. The molecule has 4 rings (SSSR count). The Hall–Kier alpha value is -2.44. The SMILES string of the molecule is O=C(N(CCO)Cc1ccccc1)C1(c2cc(-c3cccs3)on2)CC1. The van der Waals surface area contributed by atoms with Crippen molar-refractivity contribution >= 4 is 17.2 Å². The van der Waals surface area contributed by atoms with E-state index >= 15 is 0 Å². The molecule has 2 aromatic heterocycles. The van der Waals surface area contributed by atoms with Gasteiger partial charge in [0.15, 0.2) is 5.76 Å². The maximum Gasteiger partial charge on any atom is 0.235 e. The third-order valence-electron chi connectivity index (χ3n) is 4.80. The van der Waals surface area contributed by atoms with E-state index in [1.54, 1.807) is 16.2 Å². The maximum atomic E-state index is 13.3. The number of hydrogen-bond donors (Lipinski definition) is 1. The topological polar surface area (TPSA) is 66.6 Å². The second kappa shape index (κ2) is 7.05. The van der Waals surface area contributed by atoms with Gasteiger partial charge in [-0.3, -0.25) is 4.79 Å². The van der Waals surface area contributed by atoms with Gasteiger partial charge in [0.2, 0.25) is 5.91 Å². The van der Waals surface area contributed by atoms with Gasteiger partial charge in [-0.1, -0.05) is 41.6 Å². The van der Waals surface area contributed by atoms with Crippen LogP contribution in [0.1, 0.15) is 24.1 Å². The molecule has 0 spiro atoms. The van der Waals surface area contributed by atoms with Gasteiger partial charge < -0.3 is 14.5 Å².